The Kier molecular flexibility index (Phi) is 4.55. The second-order valence-electron chi connectivity index (χ2n) is 3.66. The number of hydrogen-bond donors (Lipinski definition) is 2. The van der Waals surface area contributed by atoms with Crippen molar-refractivity contribution in [2.24, 2.45) is 5.84 Å². The van der Waals surface area contributed by atoms with E-state index in [1.807, 2.05) is 0 Å². The van der Waals surface area contributed by atoms with E-state index in [0.29, 0.717) is 5.69 Å². The van der Waals surface area contributed by atoms with E-state index in [9.17, 15) is 18.0 Å². The van der Waals surface area contributed by atoms with Crippen molar-refractivity contribution in [2.75, 3.05) is 18.5 Å². The van der Waals surface area contributed by atoms with Crippen LogP contribution in [0.25, 0.3) is 0 Å². The van der Waals surface area contributed by atoms with Gasteiger partial charge in [-0.15, -0.1) is 0 Å². The third-order valence-corrected chi connectivity index (χ3v) is 2.34. The van der Waals surface area contributed by atoms with E-state index in [1.54, 1.807) is 0 Å². The van der Waals surface area contributed by atoms with Crippen molar-refractivity contribution >= 4 is 11.6 Å². The number of anilines is 1. The summed E-state index contributed by atoms with van der Waals surface area (Å²) in [6.07, 6.45) is -4.40. The number of carbonyl (C=O) groups is 1. The molecule has 0 aliphatic rings. The van der Waals surface area contributed by atoms with E-state index in [1.165, 1.54) is 31.2 Å². The molecule has 1 aromatic carbocycles. The lowest BCUT2D eigenvalue weighted by Crippen LogP contribution is -2.38. The SMILES string of the molecule is CCN(CC(F)(F)F)C(=O)c1ccc(NN)cc1. The van der Waals surface area contributed by atoms with Crippen LogP contribution in [0.4, 0.5) is 18.9 Å². The number of benzene rings is 1. The van der Waals surface area contributed by atoms with E-state index in [-0.39, 0.29) is 12.1 Å². The fourth-order valence-electron chi connectivity index (χ4n) is 1.44. The Labute approximate surface area is 103 Å². The van der Waals surface area contributed by atoms with Gasteiger partial charge in [-0.05, 0) is 31.2 Å². The fraction of sp³-hybridized carbons (Fsp3) is 0.364. The second kappa shape index (κ2) is 5.72. The van der Waals surface area contributed by atoms with Gasteiger partial charge in [0.05, 0.1) is 0 Å². The standard InChI is InChI=1S/C11H14F3N3O/c1-2-17(7-11(12,13)14)10(18)8-3-5-9(16-15)6-4-8/h3-6,16H,2,7,15H2,1H3. The van der Waals surface area contributed by atoms with Crippen LogP contribution in [0.15, 0.2) is 24.3 Å². The largest absolute Gasteiger partial charge is 0.406 e. The van der Waals surface area contributed by atoms with E-state index >= 15 is 0 Å². The molecule has 18 heavy (non-hydrogen) atoms. The predicted molar refractivity (Wildman–Crippen MR) is 61.9 cm³/mol. The number of amides is 1. The van der Waals surface area contributed by atoms with Gasteiger partial charge in [-0.25, -0.2) is 0 Å². The Morgan fingerprint density at radius 2 is 1.89 bits per heavy atom. The van der Waals surface area contributed by atoms with E-state index in [4.69, 9.17) is 5.84 Å². The first kappa shape index (κ1) is 14.3. The molecule has 1 amide bonds. The molecule has 7 heteroatoms. The first-order chi connectivity index (χ1) is 8.37. The van der Waals surface area contributed by atoms with Gasteiger partial charge in [0.2, 0.25) is 0 Å². The Hall–Kier alpha value is -1.76. The highest BCUT2D eigenvalue weighted by Crippen LogP contribution is 2.18. The summed E-state index contributed by atoms with van der Waals surface area (Å²) in [4.78, 5) is 12.6. The second-order valence-corrected chi connectivity index (χ2v) is 3.66. The van der Waals surface area contributed by atoms with Crippen LogP contribution < -0.4 is 11.3 Å². The zero-order chi connectivity index (χ0) is 13.8. The Bertz CT molecular complexity index is 403. The zero-order valence-corrected chi connectivity index (χ0v) is 9.79. The first-order valence-electron chi connectivity index (χ1n) is 5.30. The summed E-state index contributed by atoms with van der Waals surface area (Å²) < 4.78 is 36.8. The average Bonchev–Trinajstić information content (AvgIpc) is 2.34. The van der Waals surface area contributed by atoms with Gasteiger partial charge in [0.25, 0.3) is 5.91 Å². The van der Waals surface area contributed by atoms with Crippen LogP contribution in [-0.2, 0) is 0 Å². The van der Waals surface area contributed by atoms with Crippen LogP contribution in [0.5, 0.6) is 0 Å². The summed E-state index contributed by atoms with van der Waals surface area (Å²) in [5, 5.41) is 0. The number of rotatable bonds is 4. The van der Waals surface area contributed by atoms with E-state index < -0.39 is 18.6 Å². The third-order valence-electron chi connectivity index (χ3n) is 2.34. The van der Waals surface area contributed by atoms with Gasteiger partial charge in [0, 0.05) is 17.8 Å². The quantitative estimate of drug-likeness (QED) is 0.643. The molecule has 0 aromatic heterocycles. The van der Waals surface area contributed by atoms with Crippen molar-refractivity contribution in [2.45, 2.75) is 13.1 Å². The molecule has 3 N–H and O–H groups in total. The minimum Gasteiger partial charge on any atom is -0.330 e. The van der Waals surface area contributed by atoms with Crippen LogP contribution >= 0.6 is 0 Å². The van der Waals surface area contributed by atoms with Crippen molar-refractivity contribution in [1.29, 1.82) is 0 Å². The summed E-state index contributed by atoms with van der Waals surface area (Å²) in [5.74, 6) is 4.50. The normalized spacial score (nSPS) is 11.2. The molecule has 0 saturated heterocycles. The maximum absolute atomic E-state index is 12.3. The molecule has 0 saturated carbocycles. The number of halogens is 3. The summed E-state index contributed by atoms with van der Waals surface area (Å²) >= 11 is 0. The van der Waals surface area contributed by atoms with E-state index in [2.05, 4.69) is 5.43 Å². The molecule has 0 heterocycles. The molecular weight excluding hydrogens is 247 g/mol. The lowest BCUT2D eigenvalue weighted by atomic mass is 10.2. The molecule has 1 aromatic rings. The fourth-order valence-corrected chi connectivity index (χ4v) is 1.44. The maximum Gasteiger partial charge on any atom is 0.406 e. The molecule has 0 radical (unpaired) electrons. The molecule has 0 atom stereocenters. The Morgan fingerprint density at radius 1 is 1.33 bits per heavy atom. The van der Waals surface area contributed by atoms with Crippen LogP contribution in [0.2, 0.25) is 0 Å². The molecule has 0 fully saturated rings. The molecule has 4 nitrogen and oxygen atoms in total. The first-order valence-corrected chi connectivity index (χ1v) is 5.30. The minimum absolute atomic E-state index is 0.00473. The summed E-state index contributed by atoms with van der Waals surface area (Å²) in [6.45, 7) is 0.244. The summed E-state index contributed by atoms with van der Waals surface area (Å²) in [7, 11) is 0. The highest BCUT2D eigenvalue weighted by molar-refractivity contribution is 5.94. The van der Waals surface area contributed by atoms with Crippen molar-refractivity contribution in [3.8, 4) is 0 Å². The molecule has 0 aliphatic heterocycles. The van der Waals surface area contributed by atoms with Gasteiger partial charge in [0.1, 0.15) is 6.54 Å². The number of hydrogen-bond acceptors (Lipinski definition) is 3. The van der Waals surface area contributed by atoms with Gasteiger partial charge in [0.15, 0.2) is 0 Å². The van der Waals surface area contributed by atoms with Gasteiger partial charge >= 0.3 is 6.18 Å². The van der Waals surface area contributed by atoms with Crippen LogP contribution in [0.1, 0.15) is 17.3 Å². The van der Waals surface area contributed by atoms with Gasteiger partial charge < -0.3 is 10.3 Å². The maximum atomic E-state index is 12.3. The molecule has 0 spiro atoms. The predicted octanol–water partition coefficient (Wildman–Crippen LogP) is 2.00. The average molecular weight is 261 g/mol. The molecule has 1 rings (SSSR count). The Morgan fingerprint density at radius 3 is 2.28 bits per heavy atom. The number of nitrogens with zero attached hydrogens (tertiary/aromatic N) is 1. The topological polar surface area (TPSA) is 58.4 Å². The molecule has 0 bridgehead atoms. The highest BCUT2D eigenvalue weighted by Gasteiger charge is 2.32. The molecule has 0 unspecified atom stereocenters. The van der Waals surface area contributed by atoms with Crippen LogP contribution in [0.3, 0.4) is 0 Å². The number of nitrogens with two attached hydrogens (primary N) is 1. The van der Waals surface area contributed by atoms with Crippen molar-refractivity contribution in [3.63, 3.8) is 0 Å². The number of alkyl halides is 3. The van der Waals surface area contributed by atoms with Crippen molar-refractivity contribution in [1.82, 2.24) is 4.90 Å². The van der Waals surface area contributed by atoms with Crippen molar-refractivity contribution in [3.05, 3.63) is 29.8 Å². The number of carbonyl (C=O) groups excluding carboxylic acids is 1. The van der Waals surface area contributed by atoms with Gasteiger partial charge in [-0.2, -0.15) is 13.2 Å². The zero-order valence-electron chi connectivity index (χ0n) is 9.79. The van der Waals surface area contributed by atoms with Crippen LogP contribution in [0, 0.1) is 0 Å². The smallest absolute Gasteiger partial charge is 0.330 e. The van der Waals surface area contributed by atoms with Crippen LogP contribution in [-0.4, -0.2) is 30.1 Å². The summed E-state index contributed by atoms with van der Waals surface area (Å²) in [6, 6.07) is 5.90. The molecule has 0 aliphatic carbocycles. The van der Waals surface area contributed by atoms with Crippen molar-refractivity contribution < 1.29 is 18.0 Å². The monoisotopic (exact) mass is 261 g/mol. The molecular formula is C11H14F3N3O. The number of nitrogens with one attached hydrogen (secondary N) is 1. The minimum atomic E-state index is -4.40. The molecule has 100 valence electrons. The van der Waals surface area contributed by atoms with Gasteiger partial charge in [-0.3, -0.25) is 10.6 Å². The van der Waals surface area contributed by atoms with E-state index in [0.717, 1.165) is 4.90 Å². The lowest BCUT2D eigenvalue weighted by molar-refractivity contribution is -0.140. The lowest BCUT2D eigenvalue weighted by Gasteiger charge is -2.22. The number of hydrazine groups is 1. The highest BCUT2D eigenvalue weighted by atomic mass is 19.4. The number of nitrogen functional groups attached to an aromatic ring is 1. The Balaban J connectivity index is 2.82. The van der Waals surface area contributed by atoms with Gasteiger partial charge in [-0.1, -0.05) is 0 Å². The third kappa shape index (κ3) is 3.92. The summed E-state index contributed by atoms with van der Waals surface area (Å²) in [5.41, 5.74) is 3.14.